The van der Waals surface area contributed by atoms with Gasteiger partial charge >= 0.3 is 0 Å². The molecule has 0 spiro atoms. The molecule has 106 valence electrons. The predicted molar refractivity (Wildman–Crippen MR) is 81.7 cm³/mol. The minimum Gasteiger partial charge on any atom is -0.383 e. The summed E-state index contributed by atoms with van der Waals surface area (Å²) < 4.78 is 0. The van der Waals surface area contributed by atoms with Crippen molar-refractivity contribution in [2.24, 2.45) is 0 Å². The molecule has 1 saturated heterocycles. The molecule has 1 aromatic rings. The monoisotopic (exact) mass is 278 g/mol. The Labute approximate surface area is 125 Å². The standard InChI is InChI=1S/C17H18N4/c1-20(2)11-16-12-21(10-14-6-4-3-5-7-14)13-17(16)15(8-18)9-19/h3-7,11H,10,12-13H2,1-2H3. The van der Waals surface area contributed by atoms with Crippen LogP contribution in [0.1, 0.15) is 5.56 Å². The minimum absolute atomic E-state index is 0.221. The highest BCUT2D eigenvalue weighted by Gasteiger charge is 2.25. The van der Waals surface area contributed by atoms with Gasteiger partial charge in [-0.25, -0.2) is 0 Å². The average Bonchev–Trinajstić information content (AvgIpc) is 2.83. The molecule has 0 N–H and O–H groups in total. The summed E-state index contributed by atoms with van der Waals surface area (Å²) in [5, 5.41) is 18.2. The Bertz CT molecular complexity index is 626. The summed E-state index contributed by atoms with van der Waals surface area (Å²) in [4.78, 5) is 4.20. The number of likely N-dealkylation sites (tertiary alicyclic amines) is 1. The molecule has 0 atom stereocenters. The molecule has 2 rings (SSSR count). The molecule has 0 radical (unpaired) electrons. The summed E-state index contributed by atoms with van der Waals surface area (Å²) in [6.07, 6.45) is 2.00. The largest absolute Gasteiger partial charge is 0.383 e. The molecule has 1 aromatic carbocycles. The molecule has 1 fully saturated rings. The van der Waals surface area contributed by atoms with Crippen molar-refractivity contribution in [3.63, 3.8) is 0 Å². The smallest absolute Gasteiger partial charge is 0.134 e. The van der Waals surface area contributed by atoms with Crippen LogP contribution in [-0.2, 0) is 6.54 Å². The molecule has 21 heavy (non-hydrogen) atoms. The maximum Gasteiger partial charge on any atom is 0.134 e. The molecule has 0 aromatic heterocycles. The highest BCUT2D eigenvalue weighted by Crippen LogP contribution is 2.26. The number of hydrogen-bond acceptors (Lipinski definition) is 4. The molecule has 0 aliphatic carbocycles. The Morgan fingerprint density at radius 3 is 2.43 bits per heavy atom. The third-order valence-electron chi connectivity index (χ3n) is 3.35. The molecule has 0 unspecified atom stereocenters. The summed E-state index contributed by atoms with van der Waals surface area (Å²) in [5.41, 5.74) is 3.36. The molecule has 4 heteroatoms. The lowest BCUT2D eigenvalue weighted by atomic mass is 10.1. The van der Waals surface area contributed by atoms with Crippen LogP contribution in [-0.4, -0.2) is 37.0 Å². The van der Waals surface area contributed by atoms with Gasteiger partial charge < -0.3 is 4.90 Å². The van der Waals surface area contributed by atoms with Crippen molar-refractivity contribution >= 4 is 0 Å². The fourth-order valence-electron chi connectivity index (χ4n) is 2.50. The van der Waals surface area contributed by atoms with Gasteiger partial charge in [0.25, 0.3) is 0 Å². The van der Waals surface area contributed by atoms with E-state index < -0.39 is 0 Å². The van der Waals surface area contributed by atoms with Gasteiger partial charge in [0.1, 0.15) is 17.7 Å². The lowest BCUT2D eigenvalue weighted by Crippen LogP contribution is -2.19. The van der Waals surface area contributed by atoms with E-state index in [4.69, 9.17) is 10.5 Å². The van der Waals surface area contributed by atoms with Crippen molar-refractivity contribution in [2.75, 3.05) is 27.2 Å². The number of nitriles is 2. The van der Waals surface area contributed by atoms with Crippen molar-refractivity contribution in [1.82, 2.24) is 9.80 Å². The van der Waals surface area contributed by atoms with Gasteiger partial charge in [0.2, 0.25) is 0 Å². The number of benzene rings is 1. The van der Waals surface area contributed by atoms with Crippen molar-refractivity contribution in [3.05, 3.63) is 58.8 Å². The summed E-state index contributed by atoms with van der Waals surface area (Å²) in [6.45, 7) is 2.22. The highest BCUT2D eigenvalue weighted by molar-refractivity contribution is 5.52. The van der Waals surface area contributed by atoms with Crippen molar-refractivity contribution in [1.29, 1.82) is 10.5 Å². The third-order valence-corrected chi connectivity index (χ3v) is 3.35. The minimum atomic E-state index is 0.221. The SMILES string of the molecule is CN(C)C=C1CN(Cc2ccccc2)CC1=C(C#N)C#N. The molecule has 1 aliphatic rings. The summed E-state index contributed by atoms with van der Waals surface area (Å²) in [5.74, 6) is 0. The number of nitrogens with zero attached hydrogens (tertiary/aromatic N) is 4. The van der Waals surface area contributed by atoms with Gasteiger partial charge in [-0.1, -0.05) is 30.3 Å². The fourth-order valence-corrected chi connectivity index (χ4v) is 2.50. The average molecular weight is 278 g/mol. The van der Waals surface area contributed by atoms with Crippen LogP contribution in [0.2, 0.25) is 0 Å². The van der Waals surface area contributed by atoms with E-state index in [9.17, 15) is 0 Å². The van der Waals surface area contributed by atoms with Crippen LogP contribution in [0.4, 0.5) is 0 Å². The van der Waals surface area contributed by atoms with E-state index in [1.165, 1.54) is 5.56 Å². The Kier molecular flexibility index (Phi) is 4.77. The van der Waals surface area contributed by atoms with Crippen LogP contribution in [0.5, 0.6) is 0 Å². The second-order valence-electron chi connectivity index (χ2n) is 5.33. The van der Waals surface area contributed by atoms with E-state index >= 15 is 0 Å². The van der Waals surface area contributed by atoms with Crippen molar-refractivity contribution in [2.45, 2.75) is 6.54 Å². The van der Waals surface area contributed by atoms with Gasteiger partial charge in [-0.3, -0.25) is 4.90 Å². The van der Waals surface area contributed by atoms with E-state index in [0.29, 0.717) is 6.54 Å². The first kappa shape index (κ1) is 14.8. The second-order valence-corrected chi connectivity index (χ2v) is 5.33. The van der Waals surface area contributed by atoms with E-state index in [1.807, 2.05) is 55.5 Å². The molecular formula is C17H18N4. The van der Waals surface area contributed by atoms with Gasteiger partial charge in [0, 0.05) is 45.5 Å². The van der Waals surface area contributed by atoms with Gasteiger partial charge in [-0.2, -0.15) is 10.5 Å². The first-order valence-corrected chi connectivity index (χ1v) is 6.81. The van der Waals surface area contributed by atoms with Crippen LogP contribution in [0.15, 0.2) is 53.3 Å². The highest BCUT2D eigenvalue weighted by atomic mass is 15.1. The zero-order chi connectivity index (χ0) is 15.2. The molecule has 1 heterocycles. The van der Waals surface area contributed by atoms with E-state index in [-0.39, 0.29) is 5.57 Å². The van der Waals surface area contributed by atoms with Crippen LogP contribution < -0.4 is 0 Å². The maximum absolute atomic E-state index is 9.12. The quantitative estimate of drug-likeness (QED) is 0.796. The Balaban J connectivity index is 2.26. The van der Waals surface area contributed by atoms with Crippen LogP contribution >= 0.6 is 0 Å². The maximum atomic E-state index is 9.12. The third kappa shape index (κ3) is 3.72. The number of rotatable bonds is 3. The van der Waals surface area contributed by atoms with Crippen molar-refractivity contribution in [3.8, 4) is 12.1 Å². The Hall–Kier alpha value is -2.56. The number of hydrogen-bond donors (Lipinski definition) is 0. The molecule has 0 saturated carbocycles. The Morgan fingerprint density at radius 2 is 1.86 bits per heavy atom. The fraction of sp³-hybridized carbons (Fsp3) is 0.294. The Morgan fingerprint density at radius 1 is 1.19 bits per heavy atom. The first-order chi connectivity index (χ1) is 10.1. The first-order valence-electron chi connectivity index (χ1n) is 6.81. The summed E-state index contributed by atoms with van der Waals surface area (Å²) >= 11 is 0. The molecule has 4 nitrogen and oxygen atoms in total. The van der Waals surface area contributed by atoms with E-state index in [1.54, 1.807) is 0 Å². The summed E-state index contributed by atoms with van der Waals surface area (Å²) in [6, 6.07) is 14.3. The lowest BCUT2D eigenvalue weighted by molar-refractivity contribution is 0.346. The van der Waals surface area contributed by atoms with Gasteiger partial charge in [-0.05, 0) is 11.1 Å². The van der Waals surface area contributed by atoms with Gasteiger partial charge in [0.15, 0.2) is 0 Å². The number of allylic oxidation sites excluding steroid dienone is 1. The van der Waals surface area contributed by atoms with Crippen LogP contribution in [0, 0.1) is 22.7 Å². The van der Waals surface area contributed by atoms with Crippen LogP contribution in [0.25, 0.3) is 0 Å². The second kappa shape index (κ2) is 6.74. The molecule has 0 amide bonds. The zero-order valence-corrected chi connectivity index (χ0v) is 12.4. The summed E-state index contributed by atoms with van der Waals surface area (Å²) in [7, 11) is 3.89. The van der Waals surface area contributed by atoms with E-state index in [2.05, 4.69) is 17.0 Å². The van der Waals surface area contributed by atoms with Gasteiger partial charge in [-0.15, -0.1) is 0 Å². The molecular weight excluding hydrogens is 260 g/mol. The van der Waals surface area contributed by atoms with E-state index in [0.717, 1.165) is 24.2 Å². The zero-order valence-electron chi connectivity index (χ0n) is 12.4. The molecule has 1 aliphatic heterocycles. The molecule has 0 bridgehead atoms. The van der Waals surface area contributed by atoms with Crippen LogP contribution in [0.3, 0.4) is 0 Å². The van der Waals surface area contributed by atoms with Gasteiger partial charge in [0.05, 0.1) is 0 Å². The topological polar surface area (TPSA) is 54.1 Å². The lowest BCUT2D eigenvalue weighted by Gasteiger charge is -2.14. The predicted octanol–water partition coefficient (Wildman–Crippen LogP) is 2.29. The normalized spacial score (nSPS) is 16.6. The van der Waals surface area contributed by atoms with Crippen molar-refractivity contribution < 1.29 is 0 Å².